The summed E-state index contributed by atoms with van der Waals surface area (Å²) in [7, 11) is 6.37. The van der Waals surface area contributed by atoms with Crippen LogP contribution in [0, 0.1) is 0 Å². The van der Waals surface area contributed by atoms with Gasteiger partial charge in [0, 0.05) is 5.92 Å². The van der Waals surface area contributed by atoms with Crippen LogP contribution in [0.5, 0.6) is 0 Å². The van der Waals surface area contributed by atoms with Gasteiger partial charge in [-0.15, -0.1) is 0 Å². The van der Waals surface area contributed by atoms with E-state index in [1.807, 2.05) is 0 Å². The normalized spacial score (nSPS) is 15.7. The Bertz CT molecular complexity index is 1300. The topological polar surface area (TPSA) is 12.4 Å². The van der Waals surface area contributed by atoms with E-state index in [1.54, 1.807) is 0 Å². The van der Waals surface area contributed by atoms with Crippen LogP contribution >= 0.6 is 0 Å². The van der Waals surface area contributed by atoms with Crippen molar-refractivity contribution in [2.24, 2.45) is 5.10 Å². The Morgan fingerprint density at radius 2 is 1.00 bits per heavy atom. The number of allylic oxidation sites excluding steroid dienone is 2. The Morgan fingerprint density at radius 1 is 0.611 bits per heavy atom. The molecule has 0 saturated heterocycles. The van der Waals surface area contributed by atoms with E-state index in [0.29, 0.717) is 4.59 Å². The molecule has 0 fully saturated rings. The summed E-state index contributed by atoms with van der Waals surface area (Å²) in [5, 5.41) is 5.20. The predicted molar refractivity (Wildman–Crippen MR) is 148 cm³/mol. The lowest BCUT2D eigenvalue weighted by Crippen LogP contribution is -3.00. The van der Waals surface area contributed by atoms with Gasteiger partial charge < -0.3 is 24.0 Å². The second-order valence-corrected chi connectivity index (χ2v) is 10.2. The van der Waals surface area contributed by atoms with Crippen LogP contribution in [-0.2, 0) is 5.41 Å². The van der Waals surface area contributed by atoms with Gasteiger partial charge in [0.15, 0.2) is 0 Å². The van der Waals surface area contributed by atoms with Crippen molar-refractivity contribution in [1.29, 1.82) is 0 Å². The van der Waals surface area contributed by atoms with E-state index >= 15 is 0 Å². The molecule has 4 aromatic carbocycles. The molecule has 1 atom stereocenters. The summed E-state index contributed by atoms with van der Waals surface area (Å²) in [6.45, 7) is 2.20. The molecule has 0 amide bonds. The average molecular weight is 585 g/mol. The highest BCUT2D eigenvalue weighted by Crippen LogP contribution is 2.70. The van der Waals surface area contributed by atoms with Crippen LogP contribution in [0.4, 0.5) is 0 Å². The first-order chi connectivity index (χ1) is 16.9. The number of nitrogens with zero attached hydrogens (tertiary/aromatic N) is 2. The molecule has 36 heavy (non-hydrogen) atoms. The van der Waals surface area contributed by atoms with Crippen molar-refractivity contribution >= 4 is 16.9 Å². The zero-order chi connectivity index (χ0) is 24.5. The highest BCUT2D eigenvalue weighted by Gasteiger charge is 2.61. The Labute approximate surface area is 232 Å². The van der Waals surface area contributed by atoms with Crippen molar-refractivity contribution < 1.29 is 28.6 Å². The molecule has 0 bridgehead atoms. The van der Waals surface area contributed by atoms with Gasteiger partial charge in [0.1, 0.15) is 0 Å². The standard InChI is InChI=1S/C33H33N2.HI/c1-25(34-35(2,3)4)30(26-17-9-5-10-18-26)33(29-23-15-8-16-24-29)31(27-19-11-6-12-20-27)32(33)28-21-13-7-14-22-28;/h5-24,30H,1-4H3;1H/q+1;/p-1/b34-25+;. The van der Waals surface area contributed by atoms with Crippen molar-refractivity contribution in [3.8, 4) is 0 Å². The van der Waals surface area contributed by atoms with Gasteiger partial charge in [0.25, 0.3) is 0 Å². The summed E-state index contributed by atoms with van der Waals surface area (Å²) < 4.78 is 0.529. The van der Waals surface area contributed by atoms with Crippen LogP contribution in [0.3, 0.4) is 0 Å². The zero-order valence-electron chi connectivity index (χ0n) is 21.4. The van der Waals surface area contributed by atoms with E-state index < -0.39 is 0 Å². The largest absolute Gasteiger partial charge is 1.00 e. The fraction of sp³-hybridized carbons (Fsp3) is 0.182. The maximum absolute atomic E-state index is 5.20. The van der Waals surface area contributed by atoms with Crippen LogP contribution in [0.2, 0.25) is 0 Å². The molecule has 0 N–H and O–H groups in total. The molecule has 3 heteroatoms. The summed E-state index contributed by atoms with van der Waals surface area (Å²) in [5.74, 6) is 0.0638. The third-order valence-corrected chi connectivity index (χ3v) is 6.77. The molecule has 2 nitrogen and oxygen atoms in total. The highest BCUT2D eigenvalue weighted by molar-refractivity contribution is 6.23. The first kappa shape index (κ1) is 26.1. The minimum absolute atomic E-state index is 0. The molecule has 0 aliphatic heterocycles. The summed E-state index contributed by atoms with van der Waals surface area (Å²) in [6, 6.07) is 43.7. The third kappa shape index (κ3) is 4.82. The lowest BCUT2D eigenvalue weighted by molar-refractivity contribution is -0.877. The molecule has 0 aromatic heterocycles. The van der Waals surface area contributed by atoms with Gasteiger partial charge in [-0.1, -0.05) is 126 Å². The summed E-state index contributed by atoms with van der Waals surface area (Å²) in [4.78, 5) is 0. The Morgan fingerprint density at radius 3 is 1.42 bits per heavy atom. The molecule has 1 aliphatic rings. The second-order valence-electron chi connectivity index (χ2n) is 10.2. The molecule has 0 heterocycles. The molecule has 1 unspecified atom stereocenters. The van der Waals surface area contributed by atoms with Crippen LogP contribution in [0.25, 0.3) is 11.1 Å². The first-order valence-corrected chi connectivity index (χ1v) is 12.3. The second kappa shape index (κ2) is 10.5. The quantitative estimate of drug-likeness (QED) is 0.132. The van der Waals surface area contributed by atoms with E-state index in [-0.39, 0.29) is 35.3 Å². The molecule has 0 radical (unpaired) electrons. The fourth-order valence-electron chi connectivity index (χ4n) is 5.68. The van der Waals surface area contributed by atoms with Gasteiger partial charge in [-0.05, 0) is 40.3 Å². The number of hydrogen-bond donors (Lipinski definition) is 0. The van der Waals surface area contributed by atoms with Crippen molar-refractivity contribution in [3.63, 3.8) is 0 Å². The zero-order valence-corrected chi connectivity index (χ0v) is 23.6. The van der Waals surface area contributed by atoms with Gasteiger partial charge in [-0.25, -0.2) is 4.59 Å². The molecule has 1 aliphatic carbocycles. The lowest BCUT2D eigenvalue weighted by atomic mass is 9.69. The summed E-state index contributed by atoms with van der Waals surface area (Å²) >= 11 is 0. The molecular formula is C33H33IN2. The van der Waals surface area contributed by atoms with Crippen molar-refractivity contribution in [2.75, 3.05) is 21.1 Å². The molecule has 0 saturated carbocycles. The molecular weight excluding hydrogens is 551 g/mol. The van der Waals surface area contributed by atoms with Crippen LogP contribution < -0.4 is 24.0 Å². The molecule has 5 rings (SSSR count). The Kier molecular flexibility index (Phi) is 7.62. The third-order valence-electron chi connectivity index (χ3n) is 6.77. The molecule has 182 valence electrons. The maximum atomic E-state index is 5.20. The van der Waals surface area contributed by atoms with E-state index in [0.717, 1.165) is 5.71 Å². The molecule has 0 spiro atoms. The number of halogens is 1. The summed E-state index contributed by atoms with van der Waals surface area (Å²) in [6.07, 6.45) is 0. The van der Waals surface area contributed by atoms with Gasteiger partial charge >= 0.3 is 0 Å². The fourth-order valence-corrected chi connectivity index (χ4v) is 5.68. The van der Waals surface area contributed by atoms with E-state index in [4.69, 9.17) is 5.10 Å². The van der Waals surface area contributed by atoms with Gasteiger partial charge in [-0.3, -0.25) is 0 Å². The number of rotatable bonds is 7. The highest BCUT2D eigenvalue weighted by atomic mass is 127. The van der Waals surface area contributed by atoms with Crippen LogP contribution in [-0.4, -0.2) is 31.4 Å². The van der Waals surface area contributed by atoms with Gasteiger partial charge in [0.05, 0.1) is 32.3 Å². The predicted octanol–water partition coefficient (Wildman–Crippen LogP) is 4.42. The minimum Gasteiger partial charge on any atom is -1.00 e. The van der Waals surface area contributed by atoms with Gasteiger partial charge in [-0.2, -0.15) is 0 Å². The van der Waals surface area contributed by atoms with Crippen LogP contribution in [0.1, 0.15) is 35.1 Å². The van der Waals surface area contributed by atoms with Crippen molar-refractivity contribution in [3.05, 3.63) is 144 Å². The van der Waals surface area contributed by atoms with Crippen LogP contribution in [0.15, 0.2) is 126 Å². The first-order valence-electron chi connectivity index (χ1n) is 12.3. The number of quaternary nitrogens is 1. The van der Waals surface area contributed by atoms with E-state index in [1.165, 1.54) is 33.4 Å². The Balaban J connectivity index is 0.00000304. The molecule has 4 aromatic rings. The number of benzene rings is 4. The van der Waals surface area contributed by atoms with E-state index in [9.17, 15) is 0 Å². The smallest absolute Gasteiger partial charge is 0.0923 e. The minimum atomic E-state index is -0.311. The van der Waals surface area contributed by atoms with E-state index in [2.05, 4.69) is 149 Å². The van der Waals surface area contributed by atoms with Crippen molar-refractivity contribution in [1.82, 2.24) is 0 Å². The SMILES string of the molecule is C/C(=N\[N+](C)(C)C)C(c1ccccc1)C1(c2ccccc2)C(c2ccccc2)=C1c1ccccc1.[I-]. The monoisotopic (exact) mass is 584 g/mol. The Hall–Kier alpha value is -3.02. The lowest BCUT2D eigenvalue weighted by Gasteiger charge is -2.33. The maximum Gasteiger partial charge on any atom is 0.0923 e. The number of hydrogen-bond acceptors (Lipinski definition) is 1. The average Bonchev–Trinajstić information content (AvgIpc) is 3.56. The van der Waals surface area contributed by atoms with Gasteiger partial charge in [0.2, 0.25) is 0 Å². The summed E-state index contributed by atoms with van der Waals surface area (Å²) in [5.41, 5.74) is 8.73. The van der Waals surface area contributed by atoms with Crippen molar-refractivity contribution in [2.45, 2.75) is 18.3 Å².